The summed E-state index contributed by atoms with van der Waals surface area (Å²) >= 11 is 2.71. The van der Waals surface area contributed by atoms with Crippen molar-refractivity contribution in [2.24, 2.45) is 0 Å². The highest BCUT2D eigenvalue weighted by atomic mass is 32.2. The number of hydrogen-bond donors (Lipinski definition) is 1. The first-order chi connectivity index (χ1) is 12.5. The minimum Gasteiger partial charge on any atom is -0.325 e. The van der Waals surface area contributed by atoms with E-state index in [1.165, 1.54) is 23.1 Å². The van der Waals surface area contributed by atoms with Crippen molar-refractivity contribution in [3.63, 3.8) is 0 Å². The second kappa shape index (κ2) is 8.05. The first-order valence-corrected chi connectivity index (χ1v) is 10.3. The maximum atomic E-state index is 12.8. The summed E-state index contributed by atoms with van der Waals surface area (Å²) in [5.74, 6) is 0.0860. The highest BCUT2D eigenvalue weighted by Gasteiger charge is 2.17. The lowest BCUT2D eigenvalue weighted by Crippen LogP contribution is -2.26. The predicted molar refractivity (Wildman–Crippen MR) is 109 cm³/mol. The molecule has 2 heterocycles. The Morgan fingerprint density at radius 2 is 2.19 bits per heavy atom. The molecule has 0 aliphatic heterocycles. The van der Waals surface area contributed by atoms with Crippen molar-refractivity contribution in [1.29, 1.82) is 0 Å². The molecular formula is C19H21N3O2S2. The van der Waals surface area contributed by atoms with Crippen LogP contribution in [0.15, 0.2) is 45.7 Å². The van der Waals surface area contributed by atoms with Gasteiger partial charge in [-0.2, -0.15) is 0 Å². The van der Waals surface area contributed by atoms with Gasteiger partial charge in [0.25, 0.3) is 5.56 Å². The number of aryl methyl sites for hydroxylation is 1. The van der Waals surface area contributed by atoms with Gasteiger partial charge in [-0.25, -0.2) is 4.98 Å². The topological polar surface area (TPSA) is 64.0 Å². The average Bonchev–Trinajstić information content (AvgIpc) is 3.08. The summed E-state index contributed by atoms with van der Waals surface area (Å²) in [6, 6.07) is 9.55. The second-order valence-electron chi connectivity index (χ2n) is 6.17. The Labute approximate surface area is 160 Å². The first kappa shape index (κ1) is 18.7. The molecule has 0 saturated carbocycles. The maximum Gasteiger partial charge on any atom is 0.272 e. The van der Waals surface area contributed by atoms with Crippen LogP contribution in [-0.4, -0.2) is 21.2 Å². The van der Waals surface area contributed by atoms with Gasteiger partial charge >= 0.3 is 0 Å². The van der Waals surface area contributed by atoms with Crippen molar-refractivity contribution >= 4 is 44.9 Å². The van der Waals surface area contributed by atoms with Crippen LogP contribution in [0.3, 0.4) is 0 Å². The molecular weight excluding hydrogens is 366 g/mol. The van der Waals surface area contributed by atoms with E-state index in [0.717, 1.165) is 17.7 Å². The van der Waals surface area contributed by atoms with Crippen molar-refractivity contribution in [3.8, 4) is 0 Å². The van der Waals surface area contributed by atoms with Gasteiger partial charge in [0.05, 0.1) is 11.3 Å². The molecule has 136 valence electrons. The van der Waals surface area contributed by atoms with Gasteiger partial charge in [-0.1, -0.05) is 30.8 Å². The molecule has 3 rings (SSSR count). The van der Waals surface area contributed by atoms with Crippen molar-refractivity contribution in [2.45, 2.75) is 38.4 Å². The van der Waals surface area contributed by atoms with Gasteiger partial charge in [-0.15, -0.1) is 11.3 Å². The summed E-state index contributed by atoms with van der Waals surface area (Å²) in [7, 11) is 0. The summed E-state index contributed by atoms with van der Waals surface area (Å²) in [4.78, 5) is 29.7. The van der Waals surface area contributed by atoms with Crippen LogP contribution in [-0.2, 0) is 4.79 Å². The monoisotopic (exact) mass is 387 g/mol. The van der Waals surface area contributed by atoms with E-state index in [4.69, 9.17) is 0 Å². The van der Waals surface area contributed by atoms with E-state index < -0.39 is 0 Å². The summed E-state index contributed by atoms with van der Waals surface area (Å²) in [5.41, 5.74) is 2.53. The lowest BCUT2D eigenvalue weighted by atomic mass is 10.2. The molecule has 0 aliphatic carbocycles. The van der Waals surface area contributed by atoms with Gasteiger partial charge in [-0.3, -0.25) is 14.2 Å². The fourth-order valence-electron chi connectivity index (χ4n) is 2.63. The third kappa shape index (κ3) is 3.99. The van der Waals surface area contributed by atoms with Gasteiger partial charge in [0.15, 0.2) is 5.16 Å². The van der Waals surface area contributed by atoms with Crippen LogP contribution in [0, 0.1) is 6.92 Å². The van der Waals surface area contributed by atoms with Crippen LogP contribution in [0.4, 0.5) is 5.69 Å². The van der Waals surface area contributed by atoms with Gasteiger partial charge < -0.3 is 5.32 Å². The SMILES string of the molecule is CC[C@@H](C)n1c(SCC(=O)Nc2cccc(C)c2)nc2ccsc2c1=O. The average molecular weight is 388 g/mol. The van der Waals surface area contributed by atoms with Gasteiger partial charge in [0.2, 0.25) is 5.91 Å². The zero-order chi connectivity index (χ0) is 18.7. The molecule has 26 heavy (non-hydrogen) atoms. The van der Waals surface area contributed by atoms with E-state index in [9.17, 15) is 9.59 Å². The van der Waals surface area contributed by atoms with E-state index in [1.54, 1.807) is 4.57 Å². The molecule has 5 nitrogen and oxygen atoms in total. The Bertz CT molecular complexity index is 994. The molecule has 0 radical (unpaired) electrons. The molecule has 0 aliphatic rings. The van der Waals surface area contributed by atoms with Crippen LogP contribution < -0.4 is 10.9 Å². The van der Waals surface area contributed by atoms with Gasteiger partial charge in [-0.05, 0) is 49.4 Å². The van der Waals surface area contributed by atoms with E-state index in [-0.39, 0.29) is 23.3 Å². The number of thiophene rings is 1. The van der Waals surface area contributed by atoms with Crippen molar-refractivity contribution < 1.29 is 4.79 Å². The Morgan fingerprint density at radius 3 is 2.92 bits per heavy atom. The van der Waals surface area contributed by atoms with Crippen LogP contribution in [0.1, 0.15) is 31.9 Å². The van der Waals surface area contributed by atoms with Crippen LogP contribution in [0.5, 0.6) is 0 Å². The molecule has 1 N–H and O–H groups in total. The number of amides is 1. The number of carbonyl (C=O) groups excluding carboxylic acids is 1. The van der Waals surface area contributed by atoms with Crippen LogP contribution >= 0.6 is 23.1 Å². The molecule has 3 aromatic rings. The number of aromatic nitrogens is 2. The smallest absolute Gasteiger partial charge is 0.272 e. The zero-order valence-corrected chi connectivity index (χ0v) is 16.6. The van der Waals surface area contributed by atoms with Crippen molar-refractivity contribution in [3.05, 3.63) is 51.6 Å². The number of fused-ring (bicyclic) bond motifs is 1. The van der Waals surface area contributed by atoms with E-state index in [0.29, 0.717) is 15.4 Å². The summed E-state index contributed by atoms with van der Waals surface area (Å²) in [6.07, 6.45) is 0.821. The summed E-state index contributed by atoms with van der Waals surface area (Å²) in [6.45, 7) is 6.02. The normalized spacial score (nSPS) is 12.3. The molecule has 0 saturated heterocycles. The standard InChI is InChI=1S/C19H21N3O2S2/c1-4-13(3)22-18(24)17-15(8-9-25-17)21-19(22)26-11-16(23)20-14-7-5-6-12(2)10-14/h5-10,13H,4,11H2,1-3H3,(H,20,23)/t13-/m1/s1. The van der Waals surface area contributed by atoms with Crippen LogP contribution in [0.2, 0.25) is 0 Å². The van der Waals surface area contributed by atoms with E-state index >= 15 is 0 Å². The number of nitrogens with one attached hydrogen (secondary N) is 1. The zero-order valence-electron chi connectivity index (χ0n) is 15.0. The molecule has 0 spiro atoms. The minimum atomic E-state index is -0.115. The molecule has 0 bridgehead atoms. The summed E-state index contributed by atoms with van der Waals surface area (Å²) in [5, 5.41) is 5.36. The minimum absolute atomic E-state index is 0.0269. The van der Waals surface area contributed by atoms with Gasteiger partial charge in [0, 0.05) is 11.7 Å². The van der Waals surface area contributed by atoms with E-state index in [2.05, 4.69) is 10.3 Å². The van der Waals surface area contributed by atoms with Crippen LogP contribution in [0.25, 0.3) is 10.2 Å². The Morgan fingerprint density at radius 1 is 1.38 bits per heavy atom. The molecule has 1 aromatic carbocycles. The third-order valence-electron chi connectivity index (χ3n) is 4.15. The molecule has 2 aromatic heterocycles. The molecule has 0 unspecified atom stereocenters. The molecule has 1 atom stereocenters. The molecule has 1 amide bonds. The first-order valence-electron chi connectivity index (χ1n) is 8.48. The number of carbonyl (C=O) groups is 1. The maximum absolute atomic E-state index is 12.8. The fourth-order valence-corrected chi connectivity index (χ4v) is 4.29. The Kier molecular flexibility index (Phi) is 5.78. The Hall–Kier alpha value is -2.12. The Balaban J connectivity index is 1.81. The number of rotatable bonds is 6. The highest BCUT2D eigenvalue weighted by Crippen LogP contribution is 2.24. The third-order valence-corrected chi connectivity index (χ3v) is 5.99. The number of anilines is 1. The quantitative estimate of drug-likeness (QED) is 0.501. The lowest BCUT2D eigenvalue weighted by molar-refractivity contribution is -0.113. The number of hydrogen-bond acceptors (Lipinski definition) is 5. The van der Waals surface area contributed by atoms with Gasteiger partial charge in [0.1, 0.15) is 4.70 Å². The lowest BCUT2D eigenvalue weighted by Gasteiger charge is -2.17. The summed E-state index contributed by atoms with van der Waals surface area (Å²) < 4.78 is 2.38. The molecule has 7 heteroatoms. The number of benzene rings is 1. The van der Waals surface area contributed by atoms with Crippen molar-refractivity contribution in [1.82, 2.24) is 9.55 Å². The number of nitrogens with zero attached hydrogens (tertiary/aromatic N) is 2. The number of thioether (sulfide) groups is 1. The predicted octanol–water partition coefficient (Wildman–Crippen LogP) is 4.47. The van der Waals surface area contributed by atoms with Crippen molar-refractivity contribution in [2.75, 3.05) is 11.1 Å². The second-order valence-corrected chi connectivity index (χ2v) is 8.03. The molecule has 0 fully saturated rings. The van der Waals surface area contributed by atoms with E-state index in [1.807, 2.05) is 56.5 Å². The largest absolute Gasteiger partial charge is 0.325 e. The highest BCUT2D eigenvalue weighted by molar-refractivity contribution is 7.99. The fraction of sp³-hybridized carbons (Fsp3) is 0.316.